The summed E-state index contributed by atoms with van der Waals surface area (Å²) in [7, 11) is 0. The van der Waals surface area contributed by atoms with Crippen LogP contribution in [0.3, 0.4) is 0 Å². The summed E-state index contributed by atoms with van der Waals surface area (Å²) in [5.41, 5.74) is 2.70. The number of rotatable bonds is 4. The van der Waals surface area contributed by atoms with E-state index in [2.05, 4.69) is 10.1 Å². The van der Waals surface area contributed by atoms with Crippen molar-refractivity contribution in [2.45, 2.75) is 24.6 Å². The molecule has 2 aromatic heterocycles. The van der Waals surface area contributed by atoms with E-state index < -0.39 is 5.97 Å². The molecule has 5 nitrogen and oxygen atoms in total. The SMILES string of the molecule is Cc1cc(C)c(C(=O)O)c(SCc2cnoc2)n1. The van der Waals surface area contributed by atoms with Gasteiger partial charge in [-0.15, -0.1) is 11.8 Å². The van der Waals surface area contributed by atoms with Crippen molar-refractivity contribution >= 4 is 17.7 Å². The topological polar surface area (TPSA) is 76.2 Å². The van der Waals surface area contributed by atoms with E-state index in [4.69, 9.17) is 4.52 Å². The van der Waals surface area contributed by atoms with E-state index >= 15 is 0 Å². The Morgan fingerprint density at radius 3 is 2.89 bits per heavy atom. The minimum Gasteiger partial charge on any atom is -0.478 e. The van der Waals surface area contributed by atoms with Gasteiger partial charge in [-0.2, -0.15) is 0 Å². The molecule has 0 saturated heterocycles. The Kier molecular flexibility index (Phi) is 3.66. The largest absolute Gasteiger partial charge is 0.478 e. The molecule has 18 heavy (non-hydrogen) atoms. The van der Waals surface area contributed by atoms with Gasteiger partial charge in [0.1, 0.15) is 11.3 Å². The zero-order valence-electron chi connectivity index (χ0n) is 10.0. The molecule has 0 saturated carbocycles. The van der Waals surface area contributed by atoms with Crippen LogP contribution in [0.2, 0.25) is 0 Å². The molecule has 0 amide bonds. The predicted octanol–water partition coefficient (Wildman–Crippen LogP) is 2.68. The minimum atomic E-state index is -0.951. The molecule has 0 aliphatic carbocycles. The third kappa shape index (κ3) is 2.70. The lowest BCUT2D eigenvalue weighted by Gasteiger charge is -2.08. The molecule has 0 radical (unpaired) electrons. The van der Waals surface area contributed by atoms with Gasteiger partial charge in [0.05, 0.1) is 11.8 Å². The second-order valence-electron chi connectivity index (χ2n) is 3.89. The number of carboxylic acid groups (broad SMARTS) is 1. The van der Waals surface area contributed by atoms with Crippen LogP contribution in [-0.4, -0.2) is 21.2 Å². The average molecular weight is 264 g/mol. The van der Waals surface area contributed by atoms with Gasteiger partial charge in [0.25, 0.3) is 0 Å². The van der Waals surface area contributed by atoms with E-state index in [1.807, 2.05) is 6.92 Å². The molecule has 0 aromatic carbocycles. The molecule has 2 rings (SSSR count). The maximum Gasteiger partial charge on any atom is 0.338 e. The minimum absolute atomic E-state index is 0.266. The first-order valence-electron chi connectivity index (χ1n) is 5.30. The van der Waals surface area contributed by atoms with Gasteiger partial charge in [0, 0.05) is 17.0 Å². The fourth-order valence-corrected chi connectivity index (χ4v) is 2.66. The van der Waals surface area contributed by atoms with Gasteiger partial charge in [0.15, 0.2) is 0 Å². The number of hydrogen-bond acceptors (Lipinski definition) is 5. The first-order valence-corrected chi connectivity index (χ1v) is 6.29. The van der Waals surface area contributed by atoms with E-state index in [9.17, 15) is 9.90 Å². The molecule has 0 spiro atoms. The van der Waals surface area contributed by atoms with Gasteiger partial charge in [-0.05, 0) is 25.5 Å². The summed E-state index contributed by atoms with van der Waals surface area (Å²) >= 11 is 1.37. The van der Waals surface area contributed by atoms with E-state index in [1.165, 1.54) is 18.0 Å². The fraction of sp³-hybridized carbons (Fsp3) is 0.250. The number of hydrogen-bond donors (Lipinski definition) is 1. The number of aromatic nitrogens is 2. The van der Waals surface area contributed by atoms with Gasteiger partial charge >= 0.3 is 5.97 Å². The lowest BCUT2D eigenvalue weighted by atomic mass is 10.1. The fourth-order valence-electron chi connectivity index (χ4n) is 1.62. The second-order valence-corrected chi connectivity index (χ2v) is 4.85. The van der Waals surface area contributed by atoms with Crippen molar-refractivity contribution in [3.05, 3.63) is 40.9 Å². The molecule has 0 aliphatic heterocycles. The van der Waals surface area contributed by atoms with Crippen molar-refractivity contribution in [2.24, 2.45) is 0 Å². The van der Waals surface area contributed by atoms with Crippen molar-refractivity contribution in [1.82, 2.24) is 10.1 Å². The van der Waals surface area contributed by atoms with Gasteiger partial charge in [-0.25, -0.2) is 9.78 Å². The predicted molar refractivity (Wildman–Crippen MR) is 66.7 cm³/mol. The summed E-state index contributed by atoms with van der Waals surface area (Å²) in [6.07, 6.45) is 3.15. The Morgan fingerprint density at radius 2 is 2.28 bits per heavy atom. The zero-order chi connectivity index (χ0) is 13.1. The van der Waals surface area contributed by atoms with Gasteiger partial charge < -0.3 is 9.63 Å². The summed E-state index contributed by atoms with van der Waals surface area (Å²) in [5, 5.41) is 13.3. The molecular formula is C12H12N2O3S. The highest BCUT2D eigenvalue weighted by Crippen LogP contribution is 2.27. The molecule has 2 heterocycles. The number of carboxylic acids is 1. The highest BCUT2D eigenvalue weighted by molar-refractivity contribution is 7.98. The van der Waals surface area contributed by atoms with Crippen LogP contribution < -0.4 is 0 Å². The summed E-state index contributed by atoms with van der Waals surface area (Å²) < 4.78 is 4.73. The van der Waals surface area contributed by atoms with Crippen molar-refractivity contribution in [3.8, 4) is 0 Å². The van der Waals surface area contributed by atoms with Crippen LogP contribution in [0.25, 0.3) is 0 Å². The van der Waals surface area contributed by atoms with Gasteiger partial charge in [0.2, 0.25) is 0 Å². The average Bonchev–Trinajstić information content (AvgIpc) is 2.77. The number of carbonyl (C=O) groups is 1. The molecular weight excluding hydrogens is 252 g/mol. The molecule has 0 bridgehead atoms. The highest BCUT2D eigenvalue weighted by atomic mass is 32.2. The summed E-state index contributed by atoms with van der Waals surface area (Å²) in [4.78, 5) is 15.5. The Labute approximate surface area is 108 Å². The van der Waals surface area contributed by atoms with E-state index in [0.717, 1.165) is 16.8 Å². The highest BCUT2D eigenvalue weighted by Gasteiger charge is 2.16. The number of nitrogens with zero attached hydrogens (tertiary/aromatic N) is 2. The standard InChI is InChI=1S/C12H12N2O3S/c1-7-3-8(2)14-11(10(7)12(15)16)18-6-9-4-13-17-5-9/h3-5H,6H2,1-2H3,(H,15,16). The smallest absolute Gasteiger partial charge is 0.338 e. The Balaban J connectivity index is 2.28. The molecule has 6 heteroatoms. The molecule has 0 aliphatic rings. The second kappa shape index (κ2) is 5.22. The van der Waals surface area contributed by atoms with Crippen LogP contribution in [0, 0.1) is 13.8 Å². The first kappa shape index (κ1) is 12.6. The number of aromatic carboxylic acids is 1. The molecule has 1 N–H and O–H groups in total. The molecule has 2 aromatic rings. The lowest BCUT2D eigenvalue weighted by Crippen LogP contribution is -2.05. The molecule has 0 atom stereocenters. The van der Waals surface area contributed by atoms with Crippen LogP contribution in [-0.2, 0) is 5.75 Å². The monoisotopic (exact) mass is 264 g/mol. The zero-order valence-corrected chi connectivity index (χ0v) is 10.8. The van der Waals surface area contributed by atoms with Crippen molar-refractivity contribution < 1.29 is 14.4 Å². The summed E-state index contributed by atoms with van der Waals surface area (Å²) in [6, 6.07) is 1.77. The molecule has 0 fully saturated rings. The Hall–Kier alpha value is -1.82. The number of aryl methyl sites for hydroxylation is 2. The maximum atomic E-state index is 11.2. The quantitative estimate of drug-likeness (QED) is 0.855. The van der Waals surface area contributed by atoms with E-state index in [-0.39, 0.29) is 5.56 Å². The lowest BCUT2D eigenvalue weighted by molar-refractivity contribution is 0.0691. The third-order valence-electron chi connectivity index (χ3n) is 2.38. The normalized spacial score (nSPS) is 10.6. The first-order chi connectivity index (χ1) is 8.58. The van der Waals surface area contributed by atoms with Crippen molar-refractivity contribution in [2.75, 3.05) is 0 Å². The van der Waals surface area contributed by atoms with Crippen LogP contribution >= 0.6 is 11.8 Å². The van der Waals surface area contributed by atoms with Gasteiger partial charge in [-0.3, -0.25) is 0 Å². The number of pyridine rings is 1. The van der Waals surface area contributed by atoms with E-state index in [0.29, 0.717) is 10.8 Å². The molecule has 0 unspecified atom stereocenters. The third-order valence-corrected chi connectivity index (χ3v) is 3.43. The summed E-state index contributed by atoms with van der Waals surface area (Å²) in [5.74, 6) is -0.368. The van der Waals surface area contributed by atoms with Crippen LogP contribution in [0.15, 0.2) is 28.1 Å². The Bertz CT molecular complexity index is 567. The van der Waals surface area contributed by atoms with Gasteiger partial charge in [-0.1, -0.05) is 5.16 Å². The number of thioether (sulfide) groups is 1. The van der Waals surface area contributed by atoms with Crippen molar-refractivity contribution in [3.63, 3.8) is 0 Å². The van der Waals surface area contributed by atoms with Crippen molar-refractivity contribution in [1.29, 1.82) is 0 Å². The van der Waals surface area contributed by atoms with Crippen LogP contribution in [0.1, 0.15) is 27.2 Å². The molecule has 94 valence electrons. The summed E-state index contributed by atoms with van der Waals surface area (Å²) in [6.45, 7) is 3.63. The van der Waals surface area contributed by atoms with Crippen LogP contribution in [0.4, 0.5) is 0 Å². The maximum absolute atomic E-state index is 11.2. The van der Waals surface area contributed by atoms with E-state index in [1.54, 1.807) is 19.2 Å². The van der Waals surface area contributed by atoms with Crippen LogP contribution in [0.5, 0.6) is 0 Å². The Morgan fingerprint density at radius 1 is 1.50 bits per heavy atom.